The Hall–Kier alpha value is -1.35. The highest BCUT2D eigenvalue weighted by atomic mass is 16.5. The quantitative estimate of drug-likeness (QED) is 0.730. The highest BCUT2D eigenvalue weighted by molar-refractivity contribution is 5.75. The summed E-state index contributed by atoms with van der Waals surface area (Å²) in [5, 5.41) is 0. The molecule has 3 heteroatoms. The third kappa shape index (κ3) is 3.72. The van der Waals surface area contributed by atoms with E-state index in [2.05, 4.69) is 11.8 Å². The van der Waals surface area contributed by atoms with Crippen LogP contribution in [-0.4, -0.2) is 37.9 Å². The summed E-state index contributed by atoms with van der Waals surface area (Å²) in [6.45, 7) is 2.73. The highest BCUT2D eigenvalue weighted by Gasteiger charge is 2.04. The fourth-order valence-corrected chi connectivity index (χ4v) is 0.985. The molecular weight excluding hydrogens is 190 g/mol. The van der Waals surface area contributed by atoms with Gasteiger partial charge in [0.15, 0.2) is 0 Å². The maximum absolute atomic E-state index is 10.3. The van der Waals surface area contributed by atoms with E-state index in [9.17, 15) is 4.79 Å². The zero-order chi connectivity index (χ0) is 11.3. The van der Waals surface area contributed by atoms with Gasteiger partial charge in [-0.3, -0.25) is 4.79 Å². The van der Waals surface area contributed by atoms with Crippen molar-refractivity contribution >= 4 is 6.29 Å². The van der Waals surface area contributed by atoms with Gasteiger partial charge in [-0.15, -0.1) is 0 Å². The lowest BCUT2D eigenvalue weighted by atomic mass is 10.2. The summed E-state index contributed by atoms with van der Waals surface area (Å²) in [4.78, 5) is 12.4. The van der Waals surface area contributed by atoms with Crippen molar-refractivity contribution < 1.29 is 9.53 Å². The second kappa shape index (κ2) is 5.51. The maximum atomic E-state index is 10.3. The number of nitrogens with zero attached hydrogens (tertiary/aromatic N) is 1. The van der Waals surface area contributed by atoms with E-state index in [1.807, 2.05) is 20.4 Å². The molecule has 0 fully saturated rings. The summed E-state index contributed by atoms with van der Waals surface area (Å²) in [6.07, 6.45) is 1.82. The van der Waals surface area contributed by atoms with Crippen LogP contribution in [0.2, 0.25) is 0 Å². The van der Waals surface area contributed by atoms with Gasteiger partial charge in [0.2, 0.25) is 6.29 Å². The van der Waals surface area contributed by atoms with Gasteiger partial charge in [-0.05, 0) is 45.3 Å². The number of hydrogen-bond acceptors (Lipinski definition) is 3. The second-order valence-electron chi connectivity index (χ2n) is 3.75. The number of likely N-dealkylation sites (N-methyl/N-ethyl adjacent to an activating group) is 1. The van der Waals surface area contributed by atoms with Crippen molar-refractivity contribution in [1.29, 1.82) is 0 Å². The van der Waals surface area contributed by atoms with Gasteiger partial charge in [-0.25, -0.2) is 0 Å². The van der Waals surface area contributed by atoms with Crippen LogP contribution in [0.3, 0.4) is 0 Å². The van der Waals surface area contributed by atoms with Gasteiger partial charge < -0.3 is 9.64 Å². The smallest absolute Gasteiger partial charge is 0.233 e. The molecule has 1 rings (SSSR count). The molecule has 0 aliphatic carbocycles. The molecule has 0 aliphatic rings. The predicted octanol–water partition coefficient (Wildman–Crippen LogP) is 1.47. The molecule has 0 saturated carbocycles. The fraction of sp³-hybridized carbons (Fsp3) is 0.417. The second-order valence-corrected chi connectivity index (χ2v) is 3.75. The fourth-order valence-electron chi connectivity index (χ4n) is 0.985. The molecule has 3 nitrogen and oxygen atoms in total. The molecule has 0 bridgehead atoms. The van der Waals surface area contributed by atoms with Crippen LogP contribution >= 0.6 is 0 Å². The monoisotopic (exact) mass is 206 g/mol. The van der Waals surface area contributed by atoms with Crippen molar-refractivity contribution in [2.24, 2.45) is 0 Å². The van der Waals surface area contributed by atoms with Crippen molar-refractivity contribution in [3.63, 3.8) is 0 Å². The summed E-state index contributed by atoms with van der Waals surface area (Å²) < 4.78 is 5.56. The number of benzene rings is 1. The van der Waals surface area contributed by atoms with E-state index < -0.39 is 0 Å². The van der Waals surface area contributed by atoms with Crippen LogP contribution in [0.15, 0.2) is 24.3 Å². The lowest BCUT2D eigenvalue weighted by molar-refractivity contribution is 0.198. The average molecular weight is 206 g/mol. The Morgan fingerprint density at radius 1 is 1.33 bits per heavy atom. The van der Waals surface area contributed by atoms with Crippen LogP contribution in [0, 0.1) is 0 Å². The molecular formula is C12H16NO2. The Labute approximate surface area is 90.7 Å². The summed E-state index contributed by atoms with van der Waals surface area (Å²) >= 11 is 0. The number of carbonyl (C=O) groups excluding carboxylic acids is 1. The van der Waals surface area contributed by atoms with Gasteiger partial charge in [0.1, 0.15) is 12.4 Å². The summed E-state index contributed by atoms with van der Waals surface area (Å²) in [5.74, 6) is 0.780. The van der Waals surface area contributed by atoms with Gasteiger partial charge in [0, 0.05) is 11.6 Å². The number of hydrogen-bond donors (Lipinski definition) is 0. The SMILES string of the molecule is CC(COc1ccc([C]=O)cc1)N(C)C. The third-order valence-electron chi connectivity index (χ3n) is 2.34. The van der Waals surface area contributed by atoms with E-state index in [4.69, 9.17) is 4.74 Å². The van der Waals surface area contributed by atoms with E-state index in [0.29, 0.717) is 18.2 Å². The van der Waals surface area contributed by atoms with Gasteiger partial charge in [-0.2, -0.15) is 0 Å². The molecule has 0 aliphatic heterocycles. The van der Waals surface area contributed by atoms with E-state index in [1.54, 1.807) is 24.3 Å². The summed E-state index contributed by atoms with van der Waals surface area (Å²) in [6, 6.07) is 7.32. The normalized spacial score (nSPS) is 12.5. The first-order valence-corrected chi connectivity index (χ1v) is 4.91. The molecule has 15 heavy (non-hydrogen) atoms. The molecule has 81 valence electrons. The Morgan fingerprint density at radius 2 is 1.93 bits per heavy atom. The Kier molecular flexibility index (Phi) is 4.31. The zero-order valence-electron chi connectivity index (χ0n) is 9.36. The van der Waals surface area contributed by atoms with Crippen molar-refractivity contribution in [2.75, 3.05) is 20.7 Å². The van der Waals surface area contributed by atoms with Crippen LogP contribution in [0.4, 0.5) is 0 Å². The molecule has 0 amide bonds. The van der Waals surface area contributed by atoms with Gasteiger partial charge >= 0.3 is 0 Å². The van der Waals surface area contributed by atoms with Gasteiger partial charge in [0.25, 0.3) is 0 Å². The van der Waals surface area contributed by atoms with E-state index in [0.717, 1.165) is 5.75 Å². The minimum absolute atomic E-state index is 0.363. The minimum atomic E-state index is 0.363. The molecule has 0 heterocycles. The first-order valence-electron chi connectivity index (χ1n) is 4.91. The van der Waals surface area contributed by atoms with E-state index in [-0.39, 0.29) is 0 Å². The summed E-state index contributed by atoms with van der Waals surface area (Å²) in [5.41, 5.74) is 0.544. The molecule has 1 radical (unpaired) electrons. The van der Waals surface area contributed by atoms with Gasteiger partial charge in [0.05, 0.1) is 0 Å². The standard InChI is InChI=1S/C12H16NO2/c1-10(13(2)3)9-15-12-6-4-11(8-14)5-7-12/h4-7,10H,9H2,1-3H3. The van der Waals surface area contributed by atoms with Crippen LogP contribution in [0.5, 0.6) is 5.75 Å². The molecule has 1 unspecified atom stereocenters. The number of rotatable bonds is 5. The van der Waals surface area contributed by atoms with Crippen LogP contribution in [0.1, 0.15) is 12.5 Å². The molecule has 0 spiro atoms. The van der Waals surface area contributed by atoms with Gasteiger partial charge in [-0.1, -0.05) is 0 Å². The predicted molar refractivity (Wildman–Crippen MR) is 59.9 cm³/mol. The van der Waals surface area contributed by atoms with Crippen LogP contribution in [0.25, 0.3) is 0 Å². The van der Waals surface area contributed by atoms with E-state index >= 15 is 0 Å². The lowest BCUT2D eigenvalue weighted by Crippen LogP contribution is -2.30. The maximum Gasteiger partial charge on any atom is 0.233 e. The topological polar surface area (TPSA) is 29.5 Å². The Morgan fingerprint density at radius 3 is 2.40 bits per heavy atom. The van der Waals surface area contributed by atoms with E-state index in [1.165, 1.54) is 0 Å². The zero-order valence-corrected chi connectivity index (χ0v) is 9.36. The summed E-state index contributed by atoms with van der Waals surface area (Å²) in [7, 11) is 4.02. The molecule has 0 N–H and O–H groups in total. The Balaban J connectivity index is 2.47. The molecule has 0 saturated heterocycles. The van der Waals surface area contributed by atoms with Crippen LogP contribution in [-0.2, 0) is 4.79 Å². The minimum Gasteiger partial charge on any atom is -0.492 e. The van der Waals surface area contributed by atoms with Crippen molar-refractivity contribution in [2.45, 2.75) is 13.0 Å². The Bertz CT molecular complexity index is 306. The largest absolute Gasteiger partial charge is 0.492 e. The number of ether oxygens (including phenoxy) is 1. The molecule has 1 aromatic rings. The molecule has 1 atom stereocenters. The van der Waals surface area contributed by atoms with Crippen molar-refractivity contribution in [3.8, 4) is 5.75 Å². The molecule has 0 aromatic heterocycles. The van der Waals surface area contributed by atoms with Crippen molar-refractivity contribution in [1.82, 2.24) is 4.90 Å². The lowest BCUT2D eigenvalue weighted by Gasteiger charge is -2.19. The highest BCUT2D eigenvalue weighted by Crippen LogP contribution is 2.11. The van der Waals surface area contributed by atoms with Crippen LogP contribution < -0.4 is 4.74 Å². The average Bonchev–Trinajstić information content (AvgIpc) is 2.26. The third-order valence-corrected chi connectivity index (χ3v) is 2.34. The van der Waals surface area contributed by atoms with Crippen molar-refractivity contribution in [3.05, 3.63) is 29.8 Å². The first kappa shape index (κ1) is 11.7. The molecule has 1 aromatic carbocycles. The first-order chi connectivity index (χ1) is 7.13.